The van der Waals surface area contributed by atoms with Crippen LogP contribution in [0.3, 0.4) is 0 Å². The highest BCUT2D eigenvalue weighted by molar-refractivity contribution is 5.69. The van der Waals surface area contributed by atoms with E-state index in [0.717, 1.165) is 25.1 Å². The van der Waals surface area contributed by atoms with Crippen molar-refractivity contribution >= 4 is 6.09 Å². The molecule has 0 radical (unpaired) electrons. The summed E-state index contributed by atoms with van der Waals surface area (Å²) in [6.07, 6.45) is 0.927. The number of ether oxygens (including phenoxy) is 1. The molecule has 2 atom stereocenters. The van der Waals surface area contributed by atoms with Crippen molar-refractivity contribution in [2.24, 2.45) is 0 Å². The molecule has 2 saturated heterocycles. The average Bonchev–Trinajstić information content (AvgIpc) is 2.96. The molecule has 0 aliphatic carbocycles. The maximum absolute atomic E-state index is 12.0. The largest absolute Gasteiger partial charge is 0.445 e. The third kappa shape index (κ3) is 2.08. The predicted molar refractivity (Wildman–Crippen MR) is 68.2 cm³/mol. The summed E-state index contributed by atoms with van der Waals surface area (Å²) in [6, 6.07) is 10.7. The third-order valence-corrected chi connectivity index (χ3v) is 3.95. The van der Waals surface area contributed by atoms with Crippen LogP contribution in [0.15, 0.2) is 30.3 Å². The zero-order valence-electron chi connectivity index (χ0n) is 10.6. The van der Waals surface area contributed by atoms with Crippen molar-refractivity contribution in [1.82, 2.24) is 9.80 Å². The lowest BCUT2D eigenvalue weighted by Crippen LogP contribution is -2.47. The Labute approximate surface area is 107 Å². The Hall–Kier alpha value is -1.55. The van der Waals surface area contributed by atoms with Crippen LogP contribution < -0.4 is 0 Å². The number of hydrogen-bond donors (Lipinski definition) is 0. The second-order valence-corrected chi connectivity index (χ2v) is 5.18. The van der Waals surface area contributed by atoms with Crippen molar-refractivity contribution < 1.29 is 9.53 Å². The van der Waals surface area contributed by atoms with Crippen molar-refractivity contribution in [3.05, 3.63) is 35.9 Å². The molecule has 1 aromatic carbocycles. The van der Waals surface area contributed by atoms with E-state index in [1.165, 1.54) is 0 Å². The first kappa shape index (κ1) is 11.5. The summed E-state index contributed by atoms with van der Waals surface area (Å²) in [5, 5.41) is 0. The zero-order valence-corrected chi connectivity index (χ0v) is 10.6. The molecule has 2 heterocycles. The van der Waals surface area contributed by atoms with Crippen LogP contribution in [0.4, 0.5) is 4.79 Å². The minimum Gasteiger partial charge on any atom is -0.445 e. The van der Waals surface area contributed by atoms with Gasteiger partial charge in [0.05, 0.1) is 0 Å². The van der Waals surface area contributed by atoms with Gasteiger partial charge in [0.1, 0.15) is 6.61 Å². The number of rotatable bonds is 2. The van der Waals surface area contributed by atoms with Gasteiger partial charge in [-0.1, -0.05) is 30.3 Å². The number of fused-ring (bicyclic) bond motifs is 2. The number of benzene rings is 1. The fraction of sp³-hybridized carbons (Fsp3) is 0.500. The Morgan fingerprint density at radius 2 is 2.06 bits per heavy atom. The molecule has 2 aliphatic rings. The molecule has 4 heteroatoms. The third-order valence-electron chi connectivity index (χ3n) is 3.95. The van der Waals surface area contributed by atoms with Gasteiger partial charge in [-0.05, 0) is 19.0 Å². The molecule has 2 aliphatic heterocycles. The number of likely N-dealkylation sites (tertiary alicyclic amines) is 2. The summed E-state index contributed by atoms with van der Waals surface area (Å²) < 4.78 is 5.37. The van der Waals surface area contributed by atoms with Crippen molar-refractivity contribution in [2.75, 3.05) is 20.1 Å². The van der Waals surface area contributed by atoms with Gasteiger partial charge in [0.25, 0.3) is 0 Å². The molecule has 18 heavy (non-hydrogen) atoms. The molecular formula is C14H18N2O2. The molecule has 0 unspecified atom stereocenters. The molecule has 0 aromatic heterocycles. The summed E-state index contributed by atoms with van der Waals surface area (Å²) >= 11 is 0. The Kier molecular flexibility index (Phi) is 2.96. The molecule has 96 valence electrons. The minimum absolute atomic E-state index is 0.167. The lowest BCUT2D eigenvalue weighted by atomic mass is 10.2. The summed E-state index contributed by atoms with van der Waals surface area (Å²) in [6.45, 7) is 2.16. The van der Waals surface area contributed by atoms with Gasteiger partial charge in [-0.2, -0.15) is 0 Å². The maximum Gasteiger partial charge on any atom is 0.410 e. The molecule has 3 rings (SSSR count). The SMILES string of the molecule is CN1C[C@@H]2C[C@H]1CN2C(=O)OCc1ccccc1. The molecule has 0 spiro atoms. The van der Waals surface area contributed by atoms with E-state index in [1.54, 1.807) is 0 Å². The number of hydrogen-bond acceptors (Lipinski definition) is 3. The Bertz CT molecular complexity index is 433. The van der Waals surface area contributed by atoms with Crippen LogP contribution in [0, 0.1) is 0 Å². The monoisotopic (exact) mass is 246 g/mol. The van der Waals surface area contributed by atoms with Gasteiger partial charge < -0.3 is 9.64 Å². The van der Waals surface area contributed by atoms with Crippen molar-refractivity contribution in [2.45, 2.75) is 25.1 Å². The van der Waals surface area contributed by atoms with Gasteiger partial charge in [0, 0.05) is 25.2 Å². The first-order valence-electron chi connectivity index (χ1n) is 6.41. The first-order valence-corrected chi connectivity index (χ1v) is 6.41. The van der Waals surface area contributed by atoms with Gasteiger partial charge in [-0.3, -0.25) is 4.90 Å². The topological polar surface area (TPSA) is 32.8 Å². The smallest absolute Gasteiger partial charge is 0.410 e. The molecule has 2 bridgehead atoms. The lowest BCUT2D eigenvalue weighted by molar-refractivity contribution is 0.0745. The highest BCUT2D eigenvalue weighted by Gasteiger charge is 2.44. The fourth-order valence-corrected chi connectivity index (χ4v) is 2.89. The van der Waals surface area contributed by atoms with Crippen LogP contribution in [0.2, 0.25) is 0 Å². The average molecular weight is 246 g/mol. The van der Waals surface area contributed by atoms with Crippen LogP contribution in [0.5, 0.6) is 0 Å². The lowest BCUT2D eigenvalue weighted by Gasteiger charge is -2.31. The summed E-state index contributed by atoms with van der Waals surface area (Å²) in [7, 11) is 2.12. The normalized spacial score (nSPS) is 26.6. The van der Waals surface area contributed by atoms with E-state index < -0.39 is 0 Å². The van der Waals surface area contributed by atoms with E-state index in [0.29, 0.717) is 18.7 Å². The second kappa shape index (κ2) is 4.61. The first-order chi connectivity index (χ1) is 8.74. The Morgan fingerprint density at radius 3 is 2.67 bits per heavy atom. The van der Waals surface area contributed by atoms with E-state index >= 15 is 0 Å². The number of carbonyl (C=O) groups is 1. The summed E-state index contributed by atoms with van der Waals surface area (Å²) in [4.78, 5) is 16.2. The number of likely N-dealkylation sites (N-methyl/N-ethyl adjacent to an activating group) is 1. The number of nitrogens with zero attached hydrogens (tertiary/aromatic N) is 2. The highest BCUT2D eigenvalue weighted by atomic mass is 16.6. The van der Waals surface area contributed by atoms with Crippen LogP contribution in [-0.2, 0) is 11.3 Å². The molecule has 1 aromatic rings. The zero-order chi connectivity index (χ0) is 12.5. The van der Waals surface area contributed by atoms with E-state index in [9.17, 15) is 4.79 Å². The van der Waals surface area contributed by atoms with Crippen LogP contribution in [-0.4, -0.2) is 48.1 Å². The molecule has 2 fully saturated rings. The second-order valence-electron chi connectivity index (χ2n) is 5.18. The van der Waals surface area contributed by atoms with Gasteiger partial charge in [0.15, 0.2) is 0 Å². The van der Waals surface area contributed by atoms with Gasteiger partial charge in [-0.15, -0.1) is 0 Å². The number of carbonyl (C=O) groups excluding carboxylic acids is 1. The van der Waals surface area contributed by atoms with Crippen LogP contribution in [0.1, 0.15) is 12.0 Å². The number of piperazine rings is 1. The molecule has 0 saturated carbocycles. The molecular weight excluding hydrogens is 228 g/mol. The van der Waals surface area contributed by atoms with E-state index in [-0.39, 0.29) is 6.09 Å². The highest BCUT2D eigenvalue weighted by Crippen LogP contribution is 2.29. The minimum atomic E-state index is -0.167. The molecule has 4 nitrogen and oxygen atoms in total. The van der Waals surface area contributed by atoms with E-state index in [2.05, 4.69) is 11.9 Å². The van der Waals surface area contributed by atoms with Crippen molar-refractivity contribution in [3.63, 3.8) is 0 Å². The molecule has 1 amide bonds. The summed E-state index contributed by atoms with van der Waals surface area (Å²) in [5.41, 5.74) is 1.03. The van der Waals surface area contributed by atoms with E-state index in [1.807, 2.05) is 35.2 Å². The number of amides is 1. The Morgan fingerprint density at radius 1 is 1.28 bits per heavy atom. The maximum atomic E-state index is 12.0. The van der Waals surface area contributed by atoms with E-state index in [4.69, 9.17) is 4.74 Å². The Balaban J connectivity index is 1.54. The fourth-order valence-electron chi connectivity index (χ4n) is 2.89. The summed E-state index contributed by atoms with van der Waals surface area (Å²) in [5.74, 6) is 0. The quantitative estimate of drug-likeness (QED) is 0.796. The van der Waals surface area contributed by atoms with Crippen LogP contribution in [0.25, 0.3) is 0 Å². The standard InChI is InChI=1S/C14H18N2O2/c1-15-8-13-7-12(15)9-16(13)14(17)18-10-11-5-3-2-4-6-11/h2-6,12-13H,7-10H2,1H3/t12-,13-/m0/s1. The van der Waals surface area contributed by atoms with Gasteiger partial charge >= 0.3 is 6.09 Å². The van der Waals surface area contributed by atoms with Gasteiger partial charge in [-0.25, -0.2) is 4.79 Å². The van der Waals surface area contributed by atoms with Crippen LogP contribution >= 0.6 is 0 Å². The van der Waals surface area contributed by atoms with Crippen molar-refractivity contribution in [3.8, 4) is 0 Å². The van der Waals surface area contributed by atoms with Gasteiger partial charge in [0.2, 0.25) is 0 Å². The molecule has 0 N–H and O–H groups in total. The van der Waals surface area contributed by atoms with Crippen molar-refractivity contribution in [1.29, 1.82) is 0 Å². The predicted octanol–water partition coefficient (Wildman–Crippen LogP) is 1.71.